The van der Waals surface area contributed by atoms with Crippen LogP contribution >= 0.6 is 0 Å². The summed E-state index contributed by atoms with van der Waals surface area (Å²) >= 11 is 0. The molecule has 0 saturated carbocycles. The number of aliphatic hydroxyl groups excluding tert-OH is 1. The van der Waals surface area contributed by atoms with Crippen LogP contribution in [0.5, 0.6) is 0 Å². The van der Waals surface area contributed by atoms with E-state index in [2.05, 4.69) is 63.8 Å². The van der Waals surface area contributed by atoms with Gasteiger partial charge in [-0.2, -0.15) is 0 Å². The maximum Gasteiger partial charge on any atom is 0.326 e. The number of aliphatic hydroxyl groups is 1. The van der Waals surface area contributed by atoms with Crippen molar-refractivity contribution in [2.75, 3.05) is 13.1 Å². The molecule has 2 rings (SSSR count). The minimum Gasteiger partial charge on any atom is -0.481 e. The Morgan fingerprint density at radius 2 is 0.955 bits per heavy atom. The lowest BCUT2D eigenvalue weighted by Gasteiger charge is -2.29. The Morgan fingerprint density at radius 1 is 0.482 bits per heavy atom. The zero-order valence-electron chi connectivity index (χ0n) is 62.5. The van der Waals surface area contributed by atoms with Crippen LogP contribution in [0.1, 0.15) is 143 Å². The summed E-state index contributed by atoms with van der Waals surface area (Å²) in [6.07, 6.45) is -5.71. The van der Waals surface area contributed by atoms with Crippen molar-refractivity contribution < 1.29 is 127 Å². The lowest BCUT2D eigenvalue weighted by atomic mass is 9.97. The van der Waals surface area contributed by atoms with Gasteiger partial charge in [-0.05, 0) is 87.8 Å². The van der Waals surface area contributed by atoms with Gasteiger partial charge in [-0.3, -0.25) is 96.4 Å². The lowest BCUT2D eigenvalue weighted by Crippen LogP contribution is -2.61. The third kappa shape index (κ3) is 36.6. The van der Waals surface area contributed by atoms with Crippen molar-refractivity contribution in [3.05, 3.63) is 81.9 Å². The van der Waals surface area contributed by atoms with Gasteiger partial charge in [0.1, 0.15) is 66.5 Å². The molecule has 0 aliphatic heterocycles. The maximum atomic E-state index is 14.4. The third-order valence-corrected chi connectivity index (χ3v) is 16.8. The topological polar surface area (TPSA) is 671 Å². The summed E-state index contributed by atoms with van der Waals surface area (Å²) in [7, 11) is 0. The van der Waals surface area contributed by atoms with Gasteiger partial charge in [-0.25, -0.2) is 4.79 Å². The van der Waals surface area contributed by atoms with Crippen molar-refractivity contribution in [1.82, 2.24) is 69.1 Å². The molecule has 0 aromatic heterocycles. The number of non-ortho nitro benzene ring substituents is 1. The Hall–Kier alpha value is -12.5. The standard InChI is InChI=1S/C70H99N15O27/c1-8-36(4)58(83-69(108)59(38(6)86)84-60(99)37(5)74-61(100)43(77-66(105)49(33-56(97)98)75-39(7)87)19-12-13-30-72-51(89)26-20-41-17-14-18-42(31-41)85(111)112)67(106)73-34-52(90)76-48(32-40-15-10-9-11-16-40)65(104)79-46(23-28-54(93)94)64(103)82-57(35(2)3)68(107)80-44(21-25-50(71)88)62(101)78-45(22-27-53(91)92)63(102)81-47(70(109)110)24-29-55(95)96/h9-11,14-18,20,26,31,35-38,43-49,57-59,86H,8,12-13,19,21-25,27-30,32-34H2,1-7H3,(H2,71,88)(H,72,89)(H,73,106)(H,74,100)(H,75,87)(H,76,90)(H,77,105)(H,78,101)(H,79,104)(H,80,107)(H,81,102)(H,82,103)(H,83,108)(H,84,99)(H,91,92)(H,93,94)(H,95,96)(H,97,98)(H,109,110)/b26-20+/t36-,37-,38+,43-,44-,45-,46-,47-,48-,49-,57-,58-,59-/m0/s1. The quantitative estimate of drug-likeness (QED) is 0.0130. The van der Waals surface area contributed by atoms with E-state index in [1.165, 1.54) is 51.1 Å². The summed E-state index contributed by atoms with van der Waals surface area (Å²) in [6, 6.07) is -5.40. The number of hydrogen-bond donors (Lipinski definition) is 20. The van der Waals surface area contributed by atoms with E-state index in [4.69, 9.17) is 10.8 Å². The molecule has 13 atom stereocenters. The van der Waals surface area contributed by atoms with E-state index in [1.54, 1.807) is 37.3 Å². The number of carbonyl (C=O) groups is 19. The number of carboxylic acids is 5. The summed E-state index contributed by atoms with van der Waals surface area (Å²) in [5, 5.41) is 99.6. The van der Waals surface area contributed by atoms with Crippen molar-refractivity contribution in [2.24, 2.45) is 17.6 Å². The Kier molecular flexibility index (Phi) is 41.6. The molecule has 0 saturated heterocycles. The molecule has 0 fully saturated rings. The average molecular weight is 1580 g/mol. The molecule has 0 heterocycles. The first kappa shape index (κ1) is 95.5. The second-order valence-electron chi connectivity index (χ2n) is 26.4. The summed E-state index contributed by atoms with van der Waals surface area (Å²) in [5.41, 5.74) is 5.91. The molecule has 14 amide bonds. The van der Waals surface area contributed by atoms with Gasteiger partial charge in [0.05, 0.1) is 24.0 Å². The zero-order chi connectivity index (χ0) is 84.6. The summed E-state index contributed by atoms with van der Waals surface area (Å²) in [4.78, 5) is 258. The molecule has 0 spiro atoms. The molecule has 0 radical (unpaired) electrons. The number of nitrogens with one attached hydrogen (secondary N) is 13. The van der Waals surface area contributed by atoms with Gasteiger partial charge in [-0.15, -0.1) is 0 Å². The van der Waals surface area contributed by atoms with Crippen LogP contribution < -0.4 is 74.9 Å². The Bertz CT molecular complexity index is 3730. The van der Waals surface area contributed by atoms with E-state index in [-0.39, 0.29) is 44.3 Å². The van der Waals surface area contributed by atoms with Crippen LogP contribution in [0.4, 0.5) is 5.69 Å². The molecule has 2 aromatic carbocycles. The van der Waals surface area contributed by atoms with Crippen LogP contribution in [0.2, 0.25) is 0 Å². The predicted molar refractivity (Wildman–Crippen MR) is 390 cm³/mol. The van der Waals surface area contributed by atoms with Crippen molar-refractivity contribution in [3.63, 3.8) is 0 Å². The maximum absolute atomic E-state index is 14.4. The first-order valence-electron chi connectivity index (χ1n) is 35.4. The molecular formula is C70H99N15O27. The number of nitro benzene ring substituents is 1. The number of carbonyl (C=O) groups excluding carboxylic acids is 14. The van der Waals surface area contributed by atoms with Gasteiger partial charge >= 0.3 is 29.8 Å². The van der Waals surface area contributed by atoms with Crippen LogP contribution in [0, 0.1) is 22.0 Å². The van der Waals surface area contributed by atoms with Crippen molar-refractivity contribution in [3.8, 4) is 0 Å². The van der Waals surface area contributed by atoms with Crippen molar-refractivity contribution in [2.45, 2.75) is 211 Å². The second kappa shape index (κ2) is 48.8. The second-order valence-corrected chi connectivity index (χ2v) is 26.4. The van der Waals surface area contributed by atoms with Gasteiger partial charge in [0.2, 0.25) is 82.7 Å². The largest absolute Gasteiger partial charge is 0.481 e. The molecule has 0 aliphatic carbocycles. The van der Waals surface area contributed by atoms with Gasteiger partial charge < -0.3 is 105 Å². The number of primary amides is 1. The molecule has 2 aromatic rings. The highest BCUT2D eigenvalue weighted by Gasteiger charge is 2.38. The van der Waals surface area contributed by atoms with E-state index < -0.39 is 266 Å². The number of carboxylic acid groups (broad SMARTS) is 5. The number of nitrogens with zero attached hydrogens (tertiary/aromatic N) is 1. The Balaban J connectivity index is 2.37. The van der Waals surface area contributed by atoms with Gasteiger partial charge in [0.25, 0.3) is 5.69 Å². The number of unbranched alkanes of at least 4 members (excludes halogenated alkanes) is 1. The van der Waals surface area contributed by atoms with Crippen LogP contribution in [0.25, 0.3) is 6.08 Å². The predicted octanol–water partition coefficient (Wildman–Crippen LogP) is -3.87. The number of amides is 14. The zero-order valence-corrected chi connectivity index (χ0v) is 62.5. The van der Waals surface area contributed by atoms with Gasteiger partial charge in [0.15, 0.2) is 0 Å². The normalized spacial score (nSPS) is 14.5. The van der Waals surface area contributed by atoms with Crippen molar-refractivity contribution >= 4 is 124 Å². The number of benzene rings is 2. The van der Waals surface area contributed by atoms with E-state index in [9.17, 15) is 127 Å². The van der Waals surface area contributed by atoms with Crippen LogP contribution in [-0.4, -0.2) is 234 Å². The SMILES string of the molecule is CC[C@H](C)[C@H](NC(=O)[C@@H](NC(=O)[C@H](C)NC(=O)[C@H](CCCCNC(=O)/C=C/c1cccc([N+](=O)[O-])c1)NC(=O)[C@H](CC(=O)O)NC(C)=O)[C@@H](C)O)C(=O)NCC(=O)N[C@@H](Cc1ccccc1)C(=O)N[C@@H](CCC(=O)O)C(=O)N[C@H](C(=O)N[C@@H](CCC(N)=O)C(=O)N[C@@H](CCC(=O)O)C(=O)N[C@@H](CCC(=O)O)C(=O)O)C(C)C. The highest BCUT2D eigenvalue weighted by Crippen LogP contribution is 2.16. The van der Waals surface area contributed by atoms with E-state index in [1.807, 2.05) is 5.32 Å². The minimum atomic E-state index is -1.86. The fraction of sp³-hybridized carbons (Fsp3) is 0.529. The molecule has 0 aliphatic rings. The number of hydrogen-bond acceptors (Lipinski definition) is 22. The first-order chi connectivity index (χ1) is 52.5. The van der Waals surface area contributed by atoms with Crippen LogP contribution in [0.3, 0.4) is 0 Å². The Labute approximate surface area is 641 Å². The first-order valence-corrected chi connectivity index (χ1v) is 35.4. The smallest absolute Gasteiger partial charge is 0.326 e. The number of nitrogens with two attached hydrogens (primary N) is 1. The van der Waals surface area contributed by atoms with E-state index >= 15 is 0 Å². The van der Waals surface area contributed by atoms with E-state index in [0.717, 1.165) is 26.8 Å². The van der Waals surface area contributed by atoms with Crippen LogP contribution in [0.15, 0.2) is 60.7 Å². The molecular weight excluding hydrogens is 1480 g/mol. The number of nitro groups is 1. The highest BCUT2D eigenvalue weighted by atomic mass is 16.6. The molecule has 112 heavy (non-hydrogen) atoms. The average Bonchev–Trinajstić information content (AvgIpc) is 0.842. The monoisotopic (exact) mass is 1580 g/mol. The highest BCUT2D eigenvalue weighted by molar-refractivity contribution is 6.00. The number of aliphatic carboxylic acids is 5. The fourth-order valence-corrected chi connectivity index (χ4v) is 10.4. The molecule has 21 N–H and O–H groups in total. The Morgan fingerprint density at radius 3 is 1.46 bits per heavy atom. The fourth-order valence-electron chi connectivity index (χ4n) is 10.4. The summed E-state index contributed by atoms with van der Waals surface area (Å²) in [5.74, 6) is -24.0. The molecule has 42 heteroatoms. The molecule has 0 bridgehead atoms. The summed E-state index contributed by atoms with van der Waals surface area (Å²) in [6.45, 7) is 8.34. The number of rotatable bonds is 52. The molecule has 42 nitrogen and oxygen atoms in total. The molecule has 616 valence electrons. The van der Waals surface area contributed by atoms with Crippen LogP contribution in [-0.2, 0) is 97.5 Å². The van der Waals surface area contributed by atoms with Crippen molar-refractivity contribution in [1.29, 1.82) is 0 Å². The van der Waals surface area contributed by atoms with Gasteiger partial charge in [0, 0.05) is 63.8 Å². The molecule has 0 unspecified atom stereocenters. The van der Waals surface area contributed by atoms with Gasteiger partial charge in [-0.1, -0.05) is 76.6 Å². The minimum absolute atomic E-state index is 0.00807. The summed E-state index contributed by atoms with van der Waals surface area (Å²) < 4.78 is 0. The third-order valence-electron chi connectivity index (χ3n) is 16.8. The van der Waals surface area contributed by atoms with E-state index in [0.29, 0.717) is 11.1 Å². The lowest BCUT2D eigenvalue weighted by molar-refractivity contribution is -0.384.